The van der Waals surface area contributed by atoms with Crippen LogP contribution in [0.5, 0.6) is 0 Å². The molecule has 0 aromatic heterocycles. The smallest absolute Gasteiger partial charge is 0.292 e. The van der Waals surface area contributed by atoms with E-state index in [0.29, 0.717) is 18.4 Å². The first-order chi connectivity index (χ1) is 17.5. The fourth-order valence-electron chi connectivity index (χ4n) is 5.03. The first-order valence-corrected chi connectivity index (χ1v) is 13.5. The van der Waals surface area contributed by atoms with E-state index < -0.39 is 63.0 Å². The molecule has 202 valence electrons. The van der Waals surface area contributed by atoms with Gasteiger partial charge < -0.3 is 30.3 Å². The molecule has 0 aliphatic carbocycles. The number of hydrogen-bond donors (Lipinski definition) is 2. The molecule has 2 saturated heterocycles. The van der Waals surface area contributed by atoms with Gasteiger partial charge in [-0.2, -0.15) is 4.31 Å². The molecule has 1 aromatic carbocycles. The maximum absolute atomic E-state index is 13.5. The van der Waals surface area contributed by atoms with E-state index in [4.69, 9.17) is 10.5 Å². The molecule has 4 rings (SSSR count). The Kier molecular flexibility index (Phi) is 7.71. The highest BCUT2D eigenvalue weighted by Crippen LogP contribution is 2.34. The normalized spacial score (nSPS) is 23.1. The summed E-state index contributed by atoms with van der Waals surface area (Å²) < 4.78 is 45.6. The number of likely N-dealkylation sites (N-methyl/N-ethyl adjacent to an activating group) is 1. The summed E-state index contributed by atoms with van der Waals surface area (Å²) in [6.45, 7) is 1.02. The third kappa shape index (κ3) is 5.40. The number of rotatable bonds is 7. The van der Waals surface area contributed by atoms with Crippen LogP contribution in [0.2, 0.25) is 0 Å². The molecule has 3 N–H and O–H groups in total. The second-order valence-corrected chi connectivity index (χ2v) is 11.2. The van der Waals surface area contributed by atoms with Crippen molar-refractivity contribution in [1.29, 1.82) is 0 Å². The number of sulfonamides is 1. The minimum Gasteiger partial charge on any atom is -0.501 e. The Labute approximate surface area is 214 Å². The first kappa shape index (κ1) is 26.8. The van der Waals surface area contributed by atoms with E-state index >= 15 is 0 Å². The third-order valence-corrected chi connectivity index (χ3v) is 8.68. The second kappa shape index (κ2) is 10.6. The Bertz CT molecular complexity index is 1200. The summed E-state index contributed by atoms with van der Waals surface area (Å²) in [5, 5.41) is 10.6. The molecule has 0 bridgehead atoms. The molecule has 12 nitrogen and oxygen atoms in total. The number of primary amides is 1. The highest BCUT2D eigenvalue weighted by atomic mass is 32.2. The second-order valence-electron chi connectivity index (χ2n) is 9.21. The predicted molar refractivity (Wildman–Crippen MR) is 128 cm³/mol. The predicted octanol–water partition coefficient (Wildman–Crippen LogP) is -0.666. The van der Waals surface area contributed by atoms with Crippen LogP contribution >= 0.6 is 0 Å². The van der Waals surface area contributed by atoms with Crippen LogP contribution in [-0.2, 0) is 35.7 Å². The number of hydrogen-bond acceptors (Lipinski definition) is 8. The maximum atomic E-state index is 13.5. The highest BCUT2D eigenvalue weighted by Gasteiger charge is 2.49. The number of piperidine rings is 1. The Balaban J connectivity index is 1.65. The Morgan fingerprint density at radius 1 is 1.19 bits per heavy atom. The molecule has 1 aromatic rings. The van der Waals surface area contributed by atoms with Crippen LogP contribution in [0.25, 0.3) is 0 Å². The molecule has 0 radical (unpaired) electrons. The minimum atomic E-state index is -3.90. The van der Waals surface area contributed by atoms with E-state index in [1.54, 1.807) is 0 Å². The maximum Gasteiger partial charge on any atom is 0.292 e. The molecular formula is C23H30FN5O7S. The molecule has 3 heterocycles. The minimum absolute atomic E-state index is 0.0261. The fourth-order valence-corrected chi connectivity index (χ4v) is 6.44. The van der Waals surface area contributed by atoms with Gasteiger partial charge in [-0.1, -0.05) is 12.1 Å². The van der Waals surface area contributed by atoms with Gasteiger partial charge in [0.1, 0.15) is 17.7 Å². The summed E-state index contributed by atoms with van der Waals surface area (Å²) in [6.07, 6.45) is -0.0320. The summed E-state index contributed by atoms with van der Waals surface area (Å²) >= 11 is 0. The van der Waals surface area contributed by atoms with Gasteiger partial charge in [-0.3, -0.25) is 14.4 Å². The number of aliphatic hydroxyl groups is 1. The number of nitrogens with two attached hydrogens (primary N) is 1. The van der Waals surface area contributed by atoms with E-state index in [2.05, 4.69) is 0 Å². The lowest BCUT2D eigenvalue weighted by Crippen LogP contribution is -2.67. The van der Waals surface area contributed by atoms with Crippen molar-refractivity contribution in [2.75, 3.05) is 45.6 Å². The average Bonchev–Trinajstić information content (AvgIpc) is 2.87. The van der Waals surface area contributed by atoms with Crippen molar-refractivity contribution >= 4 is 27.7 Å². The van der Waals surface area contributed by atoms with Gasteiger partial charge in [-0.25, -0.2) is 12.8 Å². The molecule has 0 saturated carbocycles. The van der Waals surface area contributed by atoms with Gasteiger partial charge in [0, 0.05) is 33.2 Å². The number of carbonyl (C=O) groups excluding carboxylic acids is 3. The van der Waals surface area contributed by atoms with Crippen molar-refractivity contribution in [3.8, 4) is 0 Å². The largest absolute Gasteiger partial charge is 0.501 e. The van der Waals surface area contributed by atoms with Gasteiger partial charge in [0.15, 0.2) is 5.70 Å². The van der Waals surface area contributed by atoms with Gasteiger partial charge in [-0.05, 0) is 30.5 Å². The average molecular weight is 540 g/mol. The van der Waals surface area contributed by atoms with Gasteiger partial charge in [0.2, 0.25) is 21.7 Å². The monoisotopic (exact) mass is 539 g/mol. The van der Waals surface area contributed by atoms with Crippen LogP contribution in [0.15, 0.2) is 35.7 Å². The number of carbonyl (C=O) groups is 3. The van der Waals surface area contributed by atoms with Crippen molar-refractivity contribution in [3.05, 3.63) is 47.1 Å². The molecule has 14 heteroatoms. The first-order valence-electron chi connectivity index (χ1n) is 11.9. The zero-order valence-electron chi connectivity index (χ0n) is 20.4. The van der Waals surface area contributed by atoms with E-state index in [1.165, 1.54) is 50.3 Å². The van der Waals surface area contributed by atoms with Gasteiger partial charge >= 0.3 is 0 Å². The molecule has 3 aliphatic rings. The van der Waals surface area contributed by atoms with Crippen LogP contribution in [0.4, 0.5) is 4.39 Å². The summed E-state index contributed by atoms with van der Waals surface area (Å²) in [5.41, 5.74) is 5.70. The SMILES string of the molecule is CN(C(=O)CS(=O)(=O)N1CCOCC1)C1CCCN2C(=O)C(O)=C(C(N)=O)N(Cc3ccc(F)cc3)C12. The highest BCUT2D eigenvalue weighted by molar-refractivity contribution is 7.89. The Morgan fingerprint density at radius 2 is 1.84 bits per heavy atom. The number of halogens is 1. The summed E-state index contributed by atoms with van der Waals surface area (Å²) in [6, 6.07) is 4.74. The summed E-state index contributed by atoms with van der Waals surface area (Å²) in [7, 11) is -2.44. The Morgan fingerprint density at radius 3 is 2.46 bits per heavy atom. The molecule has 37 heavy (non-hydrogen) atoms. The van der Waals surface area contributed by atoms with E-state index in [0.717, 1.165) is 0 Å². The number of fused-ring (bicyclic) bond motifs is 1. The van der Waals surface area contributed by atoms with Crippen LogP contribution in [0, 0.1) is 5.82 Å². The van der Waals surface area contributed by atoms with Crippen molar-refractivity contribution in [2.45, 2.75) is 31.6 Å². The Hall–Kier alpha value is -3.23. The quantitative estimate of drug-likeness (QED) is 0.463. The topological polar surface area (TPSA) is 154 Å². The summed E-state index contributed by atoms with van der Waals surface area (Å²) in [5.74, 6) is -4.55. The van der Waals surface area contributed by atoms with Crippen molar-refractivity contribution in [3.63, 3.8) is 0 Å². The van der Waals surface area contributed by atoms with E-state index in [9.17, 15) is 32.3 Å². The number of aliphatic hydroxyl groups excluding tert-OH is 1. The van der Waals surface area contributed by atoms with Crippen molar-refractivity contribution in [1.82, 2.24) is 19.0 Å². The molecule has 3 aliphatic heterocycles. The molecule has 3 amide bonds. The summed E-state index contributed by atoms with van der Waals surface area (Å²) in [4.78, 5) is 42.6. The zero-order valence-corrected chi connectivity index (χ0v) is 21.2. The molecule has 2 fully saturated rings. The lowest BCUT2D eigenvalue weighted by Gasteiger charge is -2.52. The molecule has 2 unspecified atom stereocenters. The van der Waals surface area contributed by atoms with Crippen molar-refractivity contribution in [2.24, 2.45) is 5.73 Å². The van der Waals surface area contributed by atoms with Crippen molar-refractivity contribution < 1.29 is 37.0 Å². The van der Waals surface area contributed by atoms with Crippen LogP contribution < -0.4 is 5.73 Å². The van der Waals surface area contributed by atoms with Crippen LogP contribution in [0.3, 0.4) is 0 Å². The van der Waals surface area contributed by atoms with Crippen LogP contribution in [0.1, 0.15) is 18.4 Å². The fraction of sp³-hybridized carbons (Fsp3) is 0.522. The van der Waals surface area contributed by atoms with Gasteiger partial charge in [0.05, 0.1) is 19.3 Å². The van der Waals surface area contributed by atoms with E-state index in [-0.39, 0.29) is 39.4 Å². The van der Waals surface area contributed by atoms with E-state index in [1.807, 2.05) is 0 Å². The third-order valence-electron chi connectivity index (χ3n) is 6.92. The number of amides is 3. The molecule has 2 atom stereocenters. The van der Waals surface area contributed by atoms with Crippen LogP contribution in [-0.4, -0.2) is 108 Å². The zero-order chi connectivity index (χ0) is 26.9. The van der Waals surface area contributed by atoms with Gasteiger partial charge in [0.25, 0.3) is 11.8 Å². The standard InChI is InChI=1S/C23H30FN5O7S/c1-26(18(30)14-37(34,35)27-9-11-36-12-10-27)17-3-2-8-28-22(17)29(13-15-4-6-16(24)7-5-15)19(21(25)32)20(31)23(28)33/h4-7,17,22,31H,2-3,8-14H2,1H3,(H2,25,32). The lowest BCUT2D eigenvalue weighted by atomic mass is 9.95. The van der Waals surface area contributed by atoms with Gasteiger partial charge in [-0.15, -0.1) is 0 Å². The number of morpholine rings is 1. The number of ether oxygens (including phenoxy) is 1. The molecule has 0 spiro atoms. The molecular weight excluding hydrogens is 509 g/mol. The number of benzene rings is 1. The lowest BCUT2D eigenvalue weighted by molar-refractivity contribution is -0.153. The number of nitrogens with zero attached hydrogens (tertiary/aromatic N) is 4.